The molecule has 1 saturated carbocycles. The van der Waals surface area contributed by atoms with Gasteiger partial charge in [-0.1, -0.05) is 19.3 Å². The van der Waals surface area contributed by atoms with Crippen molar-refractivity contribution in [2.75, 3.05) is 5.32 Å². The summed E-state index contributed by atoms with van der Waals surface area (Å²) in [6.45, 7) is 4.93. The summed E-state index contributed by atoms with van der Waals surface area (Å²) in [4.78, 5) is 10.2. The van der Waals surface area contributed by atoms with Crippen LogP contribution in [-0.2, 0) is 6.54 Å². The molecule has 0 bridgehead atoms. The van der Waals surface area contributed by atoms with Crippen LogP contribution in [0.25, 0.3) is 0 Å². The van der Waals surface area contributed by atoms with Crippen molar-refractivity contribution in [1.82, 2.24) is 14.5 Å². The summed E-state index contributed by atoms with van der Waals surface area (Å²) < 4.78 is 2.35. The normalized spacial score (nSPS) is 16.5. The van der Waals surface area contributed by atoms with Crippen molar-refractivity contribution in [3.05, 3.63) is 28.0 Å². The standard InChI is InChI=1S/C15H22N4S/c1-11-10-19(13-6-4-3-5-7-13)15(18-11)17-9-14-8-16-12(2)20-14/h8,10,13H,3-7,9H2,1-2H3,(H,17,18). The van der Waals surface area contributed by atoms with Crippen LogP contribution >= 0.6 is 11.3 Å². The second kappa shape index (κ2) is 5.95. The highest BCUT2D eigenvalue weighted by atomic mass is 32.1. The molecule has 2 aromatic rings. The van der Waals surface area contributed by atoms with E-state index in [1.807, 2.05) is 13.1 Å². The van der Waals surface area contributed by atoms with Gasteiger partial charge in [0, 0.05) is 23.3 Å². The predicted octanol–water partition coefficient (Wildman–Crippen LogP) is 4.07. The molecule has 0 amide bonds. The van der Waals surface area contributed by atoms with E-state index in [1.54, 1.807) is 11.3 Å². The highest BCUT2D eigenvalue weighted by Crippen LogP contribution is 2.31. The Morgan fingerprint density at radius 3 is 2.80 bits per heavy atom. The first-order valence-corrected chi connectivity index (χ1v) is 8.24. The second-order valence-electron chi connectivity index (χ2n) is 5.60. The summed E-state index contributed by atoms with van der Waals surface area (Å²) in [5.74, 6) is 1.01. The molecule has 0 aliphatic heterocycles. The maximum Gasteiger partial charge on any atom is 0.203 e. The number of hydrogen-bond donors (Lipinski definition) is 1. The van der Waals surface area contributed by atoms with Gasteiger partial charge in [-0.2, -0.15) is 0 Å². The van der Waals surface area contributed by atoms with Gasteiger partial charge in [0.25, 0.3) is 0 Å². The van der Waals surface area contributed by atoms with E-state index in [2.05, 4.69) is 33.0 Å². The van der Waals surface area contributed by atoms with E-state index in [9.17, 15) is 0 Å². The van der Waals surface area contributed by atoms with Crippen LogP contribution in [0.3, 0.4) is 0 Å². The number of hydrogen-bond acceptors (Lipinski definition) is 4. The summed E-state index contributed by atoms with van der Waals surface area (Å²) in [7, 11) is 0. The van der Waals surface area contributed by atoms with Crippen molar-refractivity contribution in [2.24, 2.45) is 0 Å². The van der Waals surface area contributed by atoms with E-state index in [0.717, 1.165) is 23.2 Å². The number of imidazole rings is 1. The third-order valence-electron chi connectivity index (χ3n) is 3.91. The van der Waals surface area contributed by atoms with Gasteiger partial charge < -0.3 is 9.88 Å². The monoisotopic (exact) mass is 290 g/mol. The van der Waals surface area contributed by atoms with Crippen molar-refractivity contribution in [3.8, 4) is 0 Å². The van der Waals surface area contributed by atoms with E-state index in [0.29, 0.717) is 6.04 Å². The van der Waals surface area contributed by atoms with Gasteiger partial charge in [-0.3, -0.25) is 0 Å². The molecular weight excluding hydrogens is 268 g/mol. The van der Waals surface area contributed by atoms with Crippen LogP contribution in [0.15, 0.2) is 12.4 Å². The lowest BCUT2D eigenvalue weighted by Gasteiger charge is -2.24. The highest BCUT2D eigenvalue weighted by Gasteiger charge is 2.18. The van der Waals surface area contributed by atoms with Gasteiger partial charge in [0.1, 0.15) is 0 Å². The molecule has 0 saturated heterocycles. The number of nitrogens with zero attached hydrogens (tertiary/aromatic N) is 3. The van der Waals surface area contributed by atoms with Crippen LogP contribution in [0.4, 0.5) is 5.95 Å². The minimum atomic E-state index is 0.621. The maximum atomic E-state index is 4.64. The Hall–Kier alpha value is -1.36. The summed E-state index contributed by atoms with van der Waals surface area (Å²) in [5, 5.41) is 4.60. The smallest absolute Gasteiger partial charge is 0.203 e. The maximum absolute atomic E-state index is 4.64. The molecule has 0 atom stereocenters. The predicted molar refractivity (Wildman–Crippen MR) is 83.3 cm³/mol. The van der Waals surface area contributed by atoms with Crippen molar-refractivity contribution >= 4 is 17.3 Å². The third kappa shape index (κ3) is 3.03. The number of aryl methyl sites for hydroxylation is 2. The Morgan fingerprint density at radius 2 is 2.10 bits per heavy atom. The number of thiazole rings is 1. The van der Waals surface area contributed by atoms with Gasteiger partial charge in [-0.05, 0) is 26.7 Å². The largest absolute Gasteiger partial charge is 0.351 e. The first-order valence-electron chi connectivity index (χ1n) is 7.43. The number of rotatable bonds is 4. The molecule has 3 rings (SSSR count). The van der Waals surface area contributed by atoms with Crippen molar-refractivity contribution in [3.63, 3.8) is 0 Å². The summed E-state index contributed by atoms with van der Waals surface area (Å²) in [6, 6.07) is 0.621. The van der Waals surface area contributed by atoms with Crippen LogP contribution in [0.5, 0.6) is 0 Å². The zero-order valence-electron chi connectivity index (χ0n) is 12.2. The van der Waals surface area contributed by atoms with Crippen molar-refractivity contribution < 1.29 is 0 Å². The Bertz CT molecular complexity index is 566. The fraction of sp³-hybridized carbons (Fsp3) is 0.600. The van der Waals surface area contributed by atoms with E-state index >= 15 is 0 Å². The first kappa shape index (κ1) is 13.6. The van der Waals surface area contributed by atoms with Gasteiger partial charge in [0.15, 0.2) is 0 Å². The molecule has 4 nitrogen and oxygen atoms in total. The van der Waals surface area contributed by atoms with Gasteiger partial charge in [-0.15, -0.1) is 11.3 Å². The lowest BCUT2D eigenvalue weighted by Crippen LogP contribution is -2.15. The Balaban J connectivity index is 1.71. The second-order valence-corrected chi connectivity index (χ2v) is 6.92. The lowest BCUT2D eigenvalue weighted by atomic mass is 9.95. The molecular formula is C15H22N4S. The molecule has 0 radical (unpaired) electrons. The Kier molecular flexibility index (Phi) is 4.05. The molecule has 1 aliphatic carbocycles. The van der Waals surface area contributed by atoms with E-state index in [1.165, 1.54) is 37.0 Å². The lowest BCUT2D eigenvalue weighted by molar-refractivity contribution is 0.355. The topological polar surface area (TPSA) is 42.7 Å². The third-order valence-corrected chi connectivity index (χ3v) is 4.82. The van der Waals surface area contributed by atoms with Crippen LogP contribution in [0, 0.1) is 13.8 Å². The zero-order valence-corrected chi connectivity index (χ0v) is 13.0. The van der Waals surface area contributed by atoms with Crippen LogP contribution in [0.1, 0.15) is 53.7 Å². The first-order chi connectivity index (χ1) is 9.72. The molecule has 5 heteroatoms. The van der Waals surface area contributed by atoms with Crippen molar-refractivity contribution in [2.45, 2.75) is 58.5 Å². The molecule has 2 heterocycles. The molecule has 108 valence electrons. The summed E-state index contributed by atoms with van der Waals surface area (Å²) in [5.41, 5.74) is 1.10. The highest BCUT2D eigenvalue weighted by molar-refractivity contribution is 7.11. The average Bonchev–Trinajstić information content (AvgIpc) is 3.03. The molecule has 0 aromatic carbocycles. The molecule has 1 N–H and O–H groups in total. The number of anilines is 1. The molecule has 1 fully saturated rings. The Morgan fingerprint density at radius 1 is 1.30 bits per heavy atom. The SMILES string of the molecule is Cc1cn(C2CCCCC2)c(NCc2cnc(C)s2)n1. The Labute approximate surface area is 124 Å². The van der Waals surface area contributed by atoms with E-state index < -0.39 is 0 Å². The minimum absolute atomic E-state index is 0.621. The van der Waals surface area contributed by atoms with Gasteiger partial charge in [0.2, 0.25) is 5.95 Å². The molecule has 2 aromatic heterocycles. The minimum Gasteiger partial charge on any atom is -0.351 e. The average molecular weight is 290 g/mol. The quantitative estimate of drug-likeness (QED) is 0.923. The molecule has 20 heavy (non-hydrogen) atoms. The van der Waals surface area contributed by atoms with Crippen molar-refractivity contribution in [1.29, 1.82) is 0 Å². The van der Waals surface area contributed by atoms with Gasteiger partial charge in [0.05, 0.1) is 17.2 Å². The van der Waals surface area contributed by atoms with Crippen LogP contribution < -0.4 is 5.32 Å². The number of aromatic nitrogens is 3. The van der Waals surface area contributed by atoms with Gasteiger partial charge in [-0.25, -0.2) is 9.97 Å². The van der Waals surface area contributed by atoms with E-state index in [-0.39, 0.29) is 0 Å². The molecule has 1 aliphatic rings. The molecule has 0 unspecified atom stereocenters. The molecule has 0 spiro atoms. The van der Waals surface area contributed by atoms with E-state index in [4.69, 9.17) is 0 Å². The summed E-state index contributed by atoms with van der Waals surface area (Å²) >= 11 is 1.74. The van der Waals surface area contributed by atoms with Crippen LogP contribution in [-0.4, -0.2) is 14.5 Å². The zero-order chi connectivity index (χ0) is 13.9. The summed E-state index contributed by atoms with van der Waals surface area (Å²) in [6.07, 6.45) is 10.8. The van der Waals surface area contributed by atoms with Crippen LogP contribution in [0.2, 0.25) is 0 Å². The van der Waals surface area contributed by atoms with Gasteiger partial charge >= 0.3 is 0 Å². The fourth-order valence-electron chi connectivity index (χ4n) is 2.94. The fourth-order valence-corrected chi connectivity index (χ4v) is 3.67. The number of nitrogens with one attached hydrogen (secondary N) is 1.